The van der Waals surface area contributed by atoms with Crippen molar-refractivity contribution in [2.75, 3.05) is 13.1 Å². The van der Waals surface area contributed by atoms with Gasteiger partial charge in [0.1, 0.15) is 0 Å². The van der Waals surface area contributed by atoms with E-state index in [2.05, 4.69) is 39.6 Å². The predicted octanol–water partition coefficient (Wildman–Crippen LogP) is 4.72. The first-order valence-corrected chi connectivity index (χ1v) is 11.8. The van der Waals surface area contributed by atoms with Crippen LogP contribution in [0.2, 0.25) is 0 Å². The van der Waals surface area contributed by atoms with Crippen LogP contribution >= 0.6 is 0 Å². The summed E-state index contributed by atoms with van der Waals surface area (Å²) in [5, 5.41) is 7.82. The van der Waals surface area contributed by atoms with Gasteiger partial charge in [0, 0.05) is 24.3 Å². The Kier molecular flexibility index (Phi) is 7.38. The number of nitrogens with one attached hydrogen (secondary N) is 1. The molecule has 0 saturated carbocycles. The number of carbonyl (C=O) groups is 1. The zero-order chi connectivity index (χ0) is 22.3. The van der Waals surface area contributed by atoms with Crippen molar-refractivity contribution in [1.29, 1.82) is 0 Å². The maximum Gasteiger partial charge on any atom is 0.224 e. The number of likely N-dealkylation sites (tertiary alicyclic amines) is 1. The van der Waals surface area contributed by atoms with Crippen molar-refractivity contribution < 1.29 is 4.79 Å². The molecule has 168 valence electrons. The molecule has 0 bridgehead atoms. The van der Waals surface area contributed by atoms with E-state index in [1.54, 1.807) is 0 Å². The lowest BCUT2D eigenvalue weighted by Crippen LogP contribution is -2.27. The molecule has 32 heavy (non-hydrogen) atoms. The van der Waals surface area contributed by atoms with Crippen LogP contribution in [0.1, 0.15) is 53.8 Å². The fourth-order valence-electron chi connectivity index (χ4n) is 4.59. The average molecular weight is 431 g/mol. The first-order chi connectivity index (χ1) is 15.6. The molecule has 1 N–H and O–H groups in total. The Balaban J connectivity index is 1.39. The molecule has 1 fully saturated rings. The number of rotatable bonds is 7. The SMILES string of the molecule is Cc1nn(-c2ccccc2)c(C)c1CC(=O)NCc1ccccc1CN1CCCCCC1. The van der Waals surface area contributed by atoms with Crippen molar-refractivity contribution >= 4 is 5.91 Å². The Hall–Kier alpha value is -2.92. The van der Waals surface area contributed by atoms with Crippen molar-refractivity contribution in [2.45, 2.75) is 59.0 Å². The van der Waals surface area contributed by atoms with Gasteiger partial charge in [-0.3, -0.25) is 9.69 Å². The normalized spacial score (nSPS) is 14.8. The molecule has 1 aliphatic rings. The highest BCUT2D eigenvalue weighted by molar-refractivity contribution is 5.79. The van der Waals surface area contributed by atoms with E-state index < -0.39 is 0 Å². The predicted molar refractivity (Wildman–Crippen MR) is 129 cm³/mol. The van der Waals surface area contributed by atoms with E-state index in [9.17, 15) is 4.79 Å². The van der Waals surface area contributed by atoms with Crippen molar-refractivity contribution in [1.82, 2.24) is 20.0 Å². The maximum atomic E-state index is 12.8. The smallest absolute Gasteiger partial charge is 0.224 e. The third kappa shape index (κ3) is 5.46. The number of aryl methyl sites for hydroxylation is 1. The zero-order valence-corrected chi connectivity index (χ0v) is 19.3. The molecule has 0 aliphatic carbocycles. The standard InChI is InChI=1S/C27H34N4O/c1-21-26(22(2)31(29-21)25-14-6-5-7-15-25)18-27(32)28-19-23-12-8-9-13-24(23)20-30-16-10-3-4-11-17-30/h5-9,12-15H,3-4,10-11,16-20H2,1-2H3,(H,28,32). The zero-order valence-electron chi connectivity index (χ0n) is 19.3. The van der Waals surface area contributed by atoms with Crippen LogP contribution in [0.3, 0.4) is 0 Å². The highest BCUT2D eigenvalue weighted by Crippen LogP contribution is 2.19. The summed E-state index contributed by atoms with van der Waals surface area (Å²) < 4.78 is 1.93. The van der Waals surface area contributed by atoms with Crippen molar-refractivity contribution in [3.05, 3.63) is 82.7 Å². The number of amides is 1. The van der Waals surface area contributed by atoms with E-state index in [4.69, 9.17) is 0 Å². The number of nitrogens with zero attached hydrogens (tertiary/aromatic N) is 3. The summed E-state index contributed by atoms with van der Waals surface area (Å²) in [4.78, 5) is 15.4. The summed E-state index contributed by atoms with van der Waals surface area (Å²) >= 11 is 0. The van der Waals surface area contributed by atoms with Crippen LogP contribution in [0.15, 0.2) is 54.6 Å². The number of carbonyl (C=O) groups excluding carboxylic acids is 1. The largest absolute Gasteiger partial charge is 0.352 e. The molecule has 1 aromatic heterocycles. The Morgan fingerprint density at radius 1 is 0.906 bits per heavy atom. The minimum Gasteiger partial charge on any atom is -0.352 e. The minimum absolute atomic E-state index is 0.0355. The Morgan fingerprint density at radius 2 is 1.56 bits per heavy atom. The third-order valence-electron chi connectivity index (χ3n) is 6.47. The molecule has 5 heteroatoms. The minimum atomic E-state index is 0.0355. The van der Waals surface area contributed by atoms with Gasteiger partial charge in [0.05, 0.1) is 17.8 Å². The van der Waals surface area contributed by atoms with Gasteiger partial charge in [-0.2, -0.15) is 5.10 Å². The summed E-state index contributed by atoms with van der Waals surface area (Å²) in [6.45, 7) is 7.88. The van der Waals surface area contributed by atoms with E-state index in [1.165, 1.54) is 49.9 Å². The summed E-state index contributed by atoms with van der Waals surface area (Å²) in [6, 6.07) is 18.6. The van der Waals surface area contributed by atoms with Crippen LogP contribution < -0.4 is 5.32 Å². The number of aromatic nitrogens is 2. The second kappa shape index (κ2) is 10.6. The maximum absolute atomic E-state index is 12.8. The molecule has 1 saturated heterocycles. The lowest BCUT2D eigenvalue weighted by atomic mass is 10.1. The fraction of sp³-hybridized carbons (Fsp3) is 0.407. The van der Waals surface area contributed by atoms with Crippen molar-refractivity contribution in [3.8, 4) is 5.69 Å². The molecule has 0 radical (unpaired) electrons. The molecule has 3 aromatic rings. The van der Waals surface area contributed by atoms with Crippen LogP contribution in [-0.2, 0) is 24.3 Å². The van der Waals surface area contributed by atoms with Crippen molar-refractivity contribution in [3.63, 3.8) is 0 Å². The second-order valence-electron chi connectivity index (χ2n) is 8.81. The van der Waals surface area contributed by atoms with Gasteiger partial charge in [-0.1, -0.05) is 55.3 Å². The molecule has 1 aliphatic heterocycles. The average Bonchev–Trinajstić information content (AvgIpc) is 2.98. The Labute approximate surface area is 191 Å². The fourth-order valence-corrected chi connectivity index (χ4v) is 4.59. The van der Waals surface area contributed by atoms with Gasteiger partial charge in [-0.25, -0.2) is 4.68 Å². The van der Waals surface area contributed by atoms with Gasteiger partial charge in [0.25, 0.3) is 0 Å². The molecular formula is C27H34N4O. The van der Waals surface area contributed by atoms with Crippen LogP contribution in [0, 0.1) is 13.8 Å². The van der Waals surface area contributed by atoms with Crippen LogP contribution in [0.5, 0.6) is 0 Å². The molecule has 0 spiro atoms. The summed E-state index contributed by atoms with van der Waals surface area (Å²) in [7, 11) is 0. The van der Waals surface area contributed by atoms with E-state index in [0.29, 0.717) is 13.0 Å². The molecule has 4 rings (SSSR count). The number of benzene rings is 2. The van der Waals surface area contributed by atoms with Gasteiger partial charge in [-0.05, 0) is 63.0 Å². The molecule has 5 nitrogen and oxygen atoms in total. The van der Waals surface area contributed by atoms with Crippen molar-refractivity contribution in [2.24, 2.45) is 0 Å². The second-order valence-corrected chi connectivity index (χ2v) is 8.81. The number of para-hydroxylation sites is 1. The van der Waals surface area contributed by atoms with Gasteiger partial charge < -0.3 is 5.32 Å². The van der Waals surface area contributed by atoms with Crippen LogP contribution in [0.25, 0.3) is 5.69 Å². The molecule has 0 atom stereocenters. The topological polar surface area (TPSA) is 50.2 Å². The van der Waals surface area contributed by atoms with Gasteiger partial charge in [0.15, 0.2) is 0 Å². The van der Waals surface area contributed by atoms with E-state index in [-0.39, 0.29) is 5.91 Å². The molecule has 0 unspecified atom stereocenters. The van der Waals surface area contributed by atoms with E-state index in [1.807, 2.05) is 48.9 Å². The molecular weight excluding hydrogens is 396 g/mol. The lowest BCUT2D eigenvalue weighted by molar-refractivity contribution is -0.120. The molecule has 2 aromatic carbocycles. The van der Waals surface area contributed by atoms with E-state index >= 15 is 0 Å². The third-order valence-corrected chi connectivity index (χ3v) is 6.47. The van der Waals surface area contributed by atoms with E-state index in [0.717, 1.165) is 29.2 Å². The molecule has 1 amide bonds. The highest BCUT2D eigenvalue weighted by Gasteiger charge is 2.17. The van der Waals surface area contributed by atoms with Gasteiger partial charge in [0.2, 0.25) is 5.91 Å². The number of hydrogen-bond acceptors (Lipinski definition) is 3. The monoisotopic (exact) mass is 430 g/mol. The van der Waals surface area contributed by atoms with Gasteiger partial charge >= 0.3 is 0 Å². The van der Waals surface area contributed by atoms with Gasteiger partial charge in [-0.15, -0.1) is 0 Å². The molecule has 2 heterocycles. The van der Waals surface area contributed by atoms with Crippen LogP contribution in [0.4, 0.5) is 0 Å². The lowest BCUT2D eigenvalue weighted by Gasteiger charge is -2.21. The highest BCUT2D eigenvalue weighted by atomic mass is 16.1. The first kappa shape index (κ1) is 22.3. The summed E-state index contributed by atoms with van der Waals surface area (Å²) in [6.07, 6.45) is 5.60. The summed E-state index contributed by atoms with van der Waals surface area (Å²) in [5.74, 6) is 0.0355. The quantitative estimate of drug-likeness (QED) is 0.590. The summed E-state index contributed by atoms with van der Waals surface area (Å²) in [5.41, 5.74) is 6.47. The Morgan fingerprint density at radius 3 is 2.28 bits per heavy atom. The number of hydrogen-bond donors (Lipinski definition) is 1. The Bertz CT molecular complexity index is 1030. The van der Waals surface area contributed by atoms with Crippen LogP contribution in [-0.4, -0.2) is 33.7 Å². The first-order valence-electron chi connectivity index (χ1n) is 11.8.